The lowest BCUT2D eigenvalue weighted by molar-refractivity contribution is 0.171. The lowest BCUT2D eigenvalue weighted by atomic mass is 10.0. The second kappa shape index (κ2) is 7.51. The summed E-state index contributed by atoms with van der Waals surface area (Å²) in [6, 6.07) is 8.37. The SMILES string of the molecule is CCC(NS(=O)(=O)c1ccc(N(C)C)nc1)c1ccc2c(c1)OCCO2. The highest BCUT2D eigenvalue weighted by molar-refractivity contribution is 7.89. The van der Waals surface area contributed by atoms with Crippen LogP contribution in [0.2, 0.25) is 0 Å². The lowest BCUT2D eigenvalue weighted by Crippen LogP contribution is -2.28. The fourth-order valence-electron chi connectivity index (χ4n) is 2.72. The van der Waals surface area contributed by atoms with Gasteiger partial charge in [0.25, 0.3) is 0 Å². The van der Waals surface area contributed by atoms with Crippen molar-refractivity contribution in [3.8, 4) is 11.5 Å². The number of sulfonamides is 1. The molecule has 0 saturated carbocycles. The average molecular weight is 377 g/mol. The van der Waals surface area contributed by atoms with Crippen molar-refractivity contribution < 1.29 is 17.9 Å². The maximum absolute atomic E-state index is 12.7. The van der Waals surface area contributed by atoms with Gasteiger partial charge in [-0.3, -0.25) is 0 Å². The number of pyridine rings is 1. The minimum Gasteiger partial charge on any atom is -0.486 e. The van der Waals surface area contributed by atoms with Crippen LogP contribution in [0.5, 0.6) is 11.5 Å². The van der Waals surface area contributed by atoms with E-state index in [1.807, 2.05) is 44.1 Å². The van der Waals surface area contributed by atoms with Crippen LogP contribution in [-0.4, -0.2) is 40.7 Å². The number of anilines is 1. The van der Waals surface area contributed by atoms with Gasteiger partial charge in [-0.15, -0.1) is 0 Å². The van der Waals surface area contributed by atoms with Gasteiger partial charge in [0, 0.05) is 26.3 Å². The molecule has 0 saturated heterocycles. The average Bonchev–Trinajstić information content (AvgIpc) is 2.65. The van der Waals surface area contributed by atoms with Gasteiger partial charge in [-0.05, 0) is 36.2 Å². The number of hydrogen-bond acceptors (Lipinski definition) is 6. The van der Waals surface area contributed by atoms with E-state index in [0.717, 1.165) is 5.56 Å². The predicted octanol–water partition coefficient (Wildman–Crippen LogP) is 2.35. The largest absolute Gasteiger partial charge is 0.486 e. The Bertz CT molecular complexity index is 867. The zero-order chi connectivity index (χ0) is 18.7. The molecule has 8 heteroatoms. The second-order valence-corrected chi connectivity index (χ2v) is 7.95. The lowest BCUT2D eigenvalue weighted by Gasteiger charge is -2.22. The maximum atomic E-state index is 12.7. The number of nitrogens with zero attached hydrogens (tertiary/aromatic N) is 2. The molecule has 0 spiro atoms. The Hall–Kier alpha value is -2.32. The Labute approximate surface area is 154 Å². The summed E-state index contributed by atoms with van der Waals surface area (Å²) in [6.07, 6.45) is 1.97. The van der Waals surface area contributed by atoms with E-state index in [1.165, 1.54) is 6.20 Å². The van der Waals surface area contributed by atoms with Crippen LogP contribution in [0.3, 0.4) is 0 Å². The molecule has 2 aromatic rings. The molecule has 0 aliphatic carbocycles. The van der Waals surface area contributed by atoms with Gasteiger partial charge in [0.05, 0.1) is 0 Å². The van der Waals surface area contributed by atoms with Gasteiger partial charge in [0.1, 0.15) is 23.9 Å². The third kappa shape index (κ3) is 3.91. The van der Waals surface area contributed by atoms with Crippen LogP contribution in [0.25, 0.3) is 0 Å². The molecule has 1 aliphatic heterocycles. The first-order chi connectivity index (χ1) is 12.4. The number of aromatic nitrogens is 1. The molecule has 7 nitrogen and oxygen atoms in total. The number of benzene rings is 1. The van der Waals surface area contributed by atoms with Crippen molar-refractivity contribution in [2.45, 2.75) is 24.3 Å². The van der Waals surface area contributed by atoms with Crippen molar-refractivity contribution in [1.82, 2.24) is 9.71 Å². The van der Waals surface area contributed by atoms with E-state index >= 15 is 0 Å². The molecule has 1 aliphatic rings. The molecule has 0 fully saturated rings. The van der Waals surface area contributed by atoms with Crippen LogP contribution in [0.4, 0.5) is 5.82 Å². The molecule has 0 bridgehead atoms. The molecule has 1 atom stereocenters. The Morgan fingerprint density at radius 1 is 1.15 bits per heavy atom. The molecule has 3 rings (SSSR count). The monoisotopic (exact) mass is 377 g/mol. The van der Waals surface area contributed by atoms with E-state index in [2.05, 4.69) is 9.71 Å². The van der Waals surface area contributed by atoms with Crippen molar-refractivity contribution in [2.24, 2.45) is 0 Å². The van der Waals surface area contributed by atoms with Gasteiger partial charge >= 0.3 is 0 Å². The van der Waals surface area contributed by atoms with Crippen LogP contribution >= 0.6 is 0 Å². The molecule has 0 amide bonds. The van der Waals surface area contributed by atoms with Crippen LogP contribution in [0, 0.1) is 0 Å². The Morgan fingerprint density at radius 2 is 1.88 bits per heavy atom. The number of nitrogens with one attached hydrogen (secondary N) is 1. The third-order valence-corrected chi connectivity index (χ3v) is 5.62. The summed E-state index contributed by atoms with van der Waals surface area (Å²) in [5.41, 5.74) is 0.832. The van der Waals surface area contributed by atoms with E-state index in [0.29, 0.717) is 37.0 Å². The molecule has 1 aromatic heterocycles. The van der Waals surface area contributed by atoms with E-state index in [-0.39, 0.29) is 10.9 Å². The summed E-state index contributed by atoms with van der Waals surface area (Å²) in [7, 11) is 0.0153. The van der Waals surface area contributed by atoms with Crippen LogP contribution in [0.1, 0.15) is 24.9 Å². The molecule has 1 unspecified atom stereocenters. The van der Waals surface area contributed by atoms with E-state index in [9.17, 15) is 8.42 Å². The number of fused-ring (bicyclic) bond motifs is 1. The molecule has 1 N–H and O–H groups in total. The minimum absolute atomic E-state index is 0.138. The minimum atomic E-state index is -3.69. The first kappa shape index (κ1) is 18.5. The summed E-state index contributed by atoms with van der Waals surface area (Å²) < 4.78 is 39.3. The van der Waals surface area contributed by atoms with Gasteiger partial charge in [0.2, 0.25) is 10.0 Å². The first-order valence-corrected chi connectivity index (χ1v) is 9.94. The quantitative estimate of drug-likeness (QED) is 0.832. The summed E-state index contributed by atoms with van der Waals surface area (Å²) in [5, 5.41) is 0. The number of hydrogen-bond donors (Lipinski definition) is 1. The second-order valence-electron chi connectivity index (χ2n) is 6.23. The zero-order valence-corrected chi connectivity index (χ0v) is 15.9. The summed E-state index contributed by atoms with van der Waals surface area (Å²) >= 11 is 0. The smallest absolute Gasteiger partial charge is 0.242 e. The topological polar surface area (TPSA) is 80.8 Å². The van der Waals surface area contributed by atoms with E-state index in [4.69, 9.17) is 9.47 Å². The zero-order valence-electron chi connectivity index (χ0n) is 15.1. The number of rotatable bonds is 6. The molecule has 26 heavy (non-hydrogen) atoms. The van der Waals surface area contributed by atoms with Crippen LogP contribution in [0.15, 0.2) is 41.4 Å². The highest BCUT2D eigenvalue weighted by Crippen LogP contribution is 2.33. The predicted molar refractivity (Wildman–Crippen MR) is 99.3 cm³/mol. The molecule has 140 valence electrons. The number of ether oxygens (including phenoxy) is 2. The molecule has 2 heterocycles. The van der Waals surface area contributed by atoms with Gasteiger partial charge in [-0.2, -0.15) is 0 Å². The Kier molecular flexibility index (Phi) is 5.33. The summed E-state index contributed by atoms with van der Waals surface area (Å²) in [4.78, 5) is 6.13. The standard InChI is InChI=1S/C18H23N3O4S/c1-4-15(13-5-7-16-17(11-13)25-10-9-24-16)20-26(22,23)14-6-8-18(19-12-14)21(2)3/h5-8,11-12,15,20H,4,9-10H2,1-3H3. The highest BCUT2D eigenvalue weighted by atomic mass is 32.2. The van der Waals surface area contributed by atoms with Crippen LogP contribution in [-0.2, 0) is 10.0 Å². The fraction of sp³-hybridized carbons (Fsp3) is 0.389. The van der Waals surface area contributed by atoms with Gasteiger partial charge in [-0.1, -0.05) is 13.0 Å². The molecule has 0 radical (unpaired) electrons. The van der Waals surface area contributed by atoms with Gasteiger partial charge < -0.3 is 14.4 Å². The van der Waals surface area contributed by atoms with Crippen LogP contribution < -0.4 is 19.1 Å². The van der Waals surface area contributed by atoms with Crippen molar-refractivity contribution in [1.29, 1.82) is 0 Å². The fourth-order valence-corrected chi connectivity index (χ4v) is 3.97. The van der Waals surface area contributed by atoms with Gasteiger partial charge in [0.15, 0.2) is 11.5 Å². The van der Waals surface area contributed by atoms with E-state index in [1.54, 1.807) is 12.1 Å². The Morgan fingerprint density at radius 3 is 2.50 bits per heavy atom. The Balaban J connectivity index is 1.82. The molecular formula is C18H23N3O4S. The van der Waals surface area contributed by atoms with Crippen molar-refractivity contribution in [2.75, 3.05) is 32.2 Å². The maximum Gasteiger partial charge on any atom is 0.242 e. The van der Waals surface area contributed by atoms with Crippen molar-refractivity contribution in [3.63, 3.8) is 0 Å². The van der Waals surface area contributed by atoms with E-state index < -0.39 is 10.0 Å². The molecular weight excluding hydrogens is 354 g/mol. The third-order valence-electron chi connectivity index (χ3n) is 4.16. The normalized spacial score (nSPS) is 14.7. The first-order valence-electron chi connectivity index (χ1n) is 8.46. The summed E-state index contributed by atoms with van der Waals surface area (Å²) in [6.45, 7) is 2.94. The van der Waals surface area contributed by atoms with Crippen molar-refractivity contribution in [3.05, 3.63) is 42.1 Å². The molecule has 1 aromatic carbocycles. The highest BCUT2D eigenvalue weighted by Gasteiger charge is 2.22. The van der Waals surface area contributed by atoms with Gasteiger partial charge in [-0.25, -0.2) is 18.1 Å². The summed E-state index contributed by atoms with van der Waals surface area (Å²) in [5.74, 6) is 2.02. The van der Waals surface area contributed by atoms with Crippen molar-refractivity contribution >= 4 is 15.8 Å².